The van der Waals surface area contributed by atoms with Crippen molar-refractivity contribution in [1.29, 1.82) is 0 Å². The van der Waals surface area contributed by atoms with E-state index >= 15 is 0 Å². The first kappa shape index (κ1) is 23.9. The summed E-state index contributed by atoms with van der Waals surface area (Å²) in [5.41, 5.74) is -3.00. The van der Waals surface area contributed by atoms with Crippen LogP contribution in [-0.4, -0.2) is 50.2 Å². The van der Waals surface area contributed by atoms with Gasteiger partial charge >= 0.3 is 11.4 Å². The van der Waals surface area contributed by atoms with Gasteiger partial charge in [-0.1, -0.05) is 20.3 Å². The monoisotopic (exact) mass is 412 g/mol. The number of ketones is 1. The number of carbonyl (C=O) groups is 1. The van der Waals surface area contributed by atoms with E-state index in [4.69, 9.17) is 5.11 Å². The molecule has 1 atom stereocenters. The van der Waals surface area contributed by atoms with Crippen LogP contribution in [-0.2, 0) is 4.79 Å². The largest absolute Gasteiger partial charge is 0.497 e. The summed E-state index contributed by atoms with van der Waals surface area (Å²) in [6.07, 6.45) is 4.31. The fraction of sp³-hybridized carbons (Fsp3) is 0.588. The van der Waals surface area contributed by atoms with Crippen molar-refractivity contribution in [2.75, 3.05) is 19.6 Å². The summed E-state index contributed by atoms with van der Waals surface area (Å²) < 4.78 is 0. The Kier molecular flexibility index (Phi) is 9.06. The van der Waals surface area contributed by atoms with Crippen LogP contribution in [0.4, 0.5) is 17.1 Å². The summed E-state index contributed by atoms with van der Waals surface area (Å²) >= 11 is 0. The molecule has 0 bridgehead atoms. The number of rotatable bonds is 7. The number of phenols is 1. The van der Waals surface area contributed by atoms with Crippen molar-refractivity contribution in [3.8, 4) is 5.75 Å². The molecule has 1 aromatic rings. The van der Waals surface area contributed by atoms with E-state index in [1.807, 2.05) is 0 Å². The molecule has 1 unspecified atom stereocenters. The van der Waals surface area contributed by atoms with Crippen LogP contribution in [0.5, 0.6) is 5.75 Å². The minimum absolute atomic E-state index is 0.341. The molecule has 12 heteroatoms. The Bertz CT molecular complexity index is 744. The van der Waals surface area contributed by atoms with E-state index in [-0.39, 0.29) is 0 Å². The molecule has 1 aliphatic rings. The number of non-ortho nitro benzene ring substituents is 1. The van der Waals surface area contributed by atoms with E-state index in [1.54, 1.807) is 0 Å². The number of benzene rings is 1. The second kappa shape index (κ2) is 11.0. The molecule has 29 heavy (non-hydrogen) atoms. The smallest absolute Gasteiger partial charge is 0.324 e. The minimum atomic E-state index is -1.21. The Morgan fingerprint density at radius 3 is 1.90 bits per heavy atom. The van der Waals surface area contributed by atoms with Crippen LogP contribution in [0.1, 0.15) is 39.5 Å². The predicted octanol–water partition coefficient (Wildman–Crippen LogP) is 3.20. The average molecular weight is 412 g/mol. The lowest BCUT2D eigenvalue weighted by atomic mass is 9.87. The summed E-state index contributed by atoms with van der Waals surface area (Å²) in [4.78, 5) is 41.7. The highest BCUT2D eigenvalue weighted by molar-refractivity contribution is 5.81. The van der Waals surface area contributed by atoms with Crippen LogP contribution in [0, 0.1) is 36.3 Å². The van der Waals surface area contributed by atoms with Crippen molar-refractivity contribution in [3.63, 3.8) is 0 Å². The number of nitro benzene ring substituents is 3. The molecule has 0 saturated heterocycles. The van der Waals surface area contributed by atoms with Crippen molar-refractivity contribution >= 4 is 22.8 Å². The second-order valence-electron chi connectivity index (χ2n) is 6.50. The van der Waals surface area contributed by atoms with Gasteiger partial charge in [0.1, 0.15) is 5.78 Å². The molecule has 0 radical (unpaired) electrons. The Morgan fingerprint density at radius 2 is 1.52 bits per heavy atom. The van der Waals surface area contributed by atoms with E-state index in [0.717, 1.165) is 38.9 Å². The topological polar surface area (TPSA) is 170 Å². The van der Waals surface area contributed by atoms with Crippen molar-refractivity contribution in [1.82, 2.24) is 4.90 Å². The lowest BCUT2D eigenvalue weighted by Crippen LogP contribution is -2.34. The highest BCUT2D eigenvalue weighted by Crippen LogP contribution is 2.38. The number of aromatic hydroxyl groups is 1. The van der Waals surface area contributed by atoms with Crippen molar-refractivity contribution < 1.29 is 24.7 Å². The maximum atomic E-state index is 11.5. The first-order valence-electron chi connectivity index (χ1n) is 9.17. The SMILES string of the molecule is CCN(CC)CC1CCCCC1=O.O=[N+]([O-])c1cc([N+](=O)[O-])c(O)c([N+](=O)[O-])c1. The zero-order valence-corrected chi connectivity index (χ0v) is 16.3. The molecule has 0 spiro atoms. The molecular weight excluding hydrogens is 388 g/mol. The highest BCUT2D eigenvalue weighted by atomic mass is 16.6. The fourth-order valence-electron chi connectivity index (χ4n) is 3.02. The summed E-state index contributed by atoms with van der Waals surface area (Å²) in [6.45, 7) is 7.46. The molecule has 1 aliphatic carbocycles. The number of nitrogens with zero attached hydrogens (tertiary/aromatic N) is 4. The van der Waals surface area contributed by atoms with Crippen LogP contribution in [0.25, 0.3) is 0 Å². The Labute approximate surface area is 166 Å². The van der Waals surface area contributed by atoms with Crippen LogP contribution < -0.4 is 0 Å². The summed E-state index contributed by atoms with van der Waals surface area (Å²) in [5.74, 6) is -0.368. The zero-order chi connectivity index (χ0) is 22.1. The molecule has 1 saturated carbocycles. The highest BCUT2D eigenvalue weighted by Gasteiger charge is 2.30. The van der Waals surface area contributed by atoms with E-state index in [0.29, 0.717) is 23.8 Å². The van der Waals surface area contributed by atoms with Gasteiger partial charge in [-0.2, -0.15) is 0 Å². The average Bonchev–Trinajstić information content (AvgIpc) is 2.67. The number of hydrogen-bond acceptors (Lipinski definition) is 9. The van der Waals surface area contributed by atoms with Gasteiger partial charge in [-0.15, -0.1) is 0 Å². The fourth-order valence-corrected chi connectivity index (χ4v) is 3.02. The van der Waals surface area contributed by atoms with Gasteiger partial charge in [0.15, 0.2) is 0 Å². The quantitative estimate of drug-likeness (QED) is 0.521. The lowest BCUT2D eigenvalue weighted by Gasteiger charge is -2.26. The molecule has 0 aliphatic heterocycles. The number of carbonyl (C=O) groups excluding carboxylic acids is 1. The number of Topliss-reactive ketones (excluding diaryl/α,β-unsaturated/α-hetero) is 1. The molecule has 1 fully saturated rings. The molecule has 1 N–H and O–H groups in total. The van der Waals surface area contributed by atoms with Gasteiger partial charge in [0.05, 0.1) is 26.9 Å². The van der Waals surface area contributed by atoms with Gasteiger partial charge in [0, 0.05) is 18.9 Å². The molecule has 0 amide bonds. The molecule has 1 aromatic carbocycles. The maximum absolute atomic E-state index is 11.5. The summed E-state index contributed by atoms with van der Waals surface area (Å²) in [6, 6.07) is 0.894. The summed E-state index contributed by atoms with van der Waals surface area (Å²) in [7, 11) is 0. The third-order valence-corrected chi connectivity index (χ3v) is 4.71. The van der Waals surface area contributed by atoms with E-state index in [9.17, 15) is 35.1 Å². The summed E-state index contributed by atoms with van der Waals surface area (Å²) in [5, 5.41) is 40.2. The molecular formula is C17H24N4O8. The van der Waals surface area contributed by atoms with Gasteiger partial charge < -0.3 is 10.0 Å². The Morgan fingerprint density at radius 1 is 1.00 bits per heavy atom. The number of nitro groups is 3. The van der Waals surface area contributed by atoms with Gasteiger partial charge in [-0.05, 0) is 25.9 Å². The standard InChI is InChI=1S/C11H21NO.C6H3N3O7/c1-3-12(4-2)9-10-7-5-6-8-11(10)13;10-6-4(8(13)14)1-3(7(11)12)2-5(6)9(15)16/h10H,3-9H2,1-2H3;1-2,10H. The lowest BCUT2D eigenvalue weighted by molar-refractivity contribution is -0.404. The Hall–Kier alpha value is -3.15. The second-order valence-corrected chi connectivity index (χ2v) is 6.50. The first-order valence-corrected chi connectivity index (χ1v) is 9.17. The predicted molar refractivity (Wildman–Crippen MR) is 103 cm³/mol. The van der Waals surface area contributed by atoms with Crippen LogP contribution in [0.3, 0.4) is 0 Å². The van der Waals surface area contributed by atoms with E-state index in [1.165, 1.54) is 6.42 Å². The van der Waals surface area contributed by atoms with Crippen molar-refractivity contribution in [2.24, 2.45) is 5.92 Å². The van der Waals surface area contributed by atoms with Crippen molar-refractivity contribution in [3.05, 3.63) is 42.5 Å². The molecule has 160 valence electrons. The van der Waals surface area contributed by atoms with Crippen LogP contribution >= 0.6 is 0 Å². The first-order chi connectivity index (χ1) is 13.6. The zero-order valence-electron chi connectivity index (χ0n) is 16.3. The molecule has 0 aromatic heterocycles. The third-order valence-electron chi connectivity index (χ3n) is 4.71. The Balaban J connectivity index is 0.000000296. The molecule has 12 nitrogen and oxygen atoms in total. The van der Waals surface area contributed by atoms with Gasteiger partial charge in [-0.25, -0.2) is 0 Å². The maximum Gasteiger partial charge on any atom is 0.324 e. The normalized spacial score (nSPS) is 16.1. The van der Waals surface area contributed by atoms with Crippen LogP contribution in [0.15, 0.2) is 12.1 Å². The third kappa shape index (κ3) is 6.75. The molecule has 0 heterocycles. The number of phenolic OH excluding ortho intramolecular Hbond substituents is 1. The number of hydrogen-bond donors (Lipinski definition) is 1. The van der Waals surface area contributed by atoms with Crippen molar-refractivity contribution in [2.45, 2.75) is 39.5 Å². The van der Waals surface area contributed by atoms with Gasteiger partial charge in [0.2, 0.25) is 0 Å². The van der Waals surface area contributed by atoms with Gasteiger partial charge in [-0.3, -0.25) is 35.1 Å². The van der Waals surface area contributed by atoms with Gasteiger partial charge in [0.25, 0.3) is 11.4 Å². The van der Waals surface area contributed by atoms with E-state index < -0.39 is 37.6 Å². The van der Waals surface area contributed by atoms with E-state index in [2.05, 4.69) is 18.7 Å². The minimum Gasteiger partial charge on any atom is -0.497 e. The van der Waals surface area contributed by atoms with Crippen LogP contribution in [0.2, 0.25) is 0 Å². The molecule has 2 rings (SSSR count).